The van der Waals surface area contributed by atoms with Gasteiger partial charge in [0.2, 0.25) is 0 Å². The molecule has 0 N–H and O–H groups in total. The van der Waals surface area contributed by atoms with Crippen LogP contribution in [0.5, 0.6) is 5.75 Å². The zero-order chi connectivity index (χ0) is 12.4. The first-order chi connectivity index (χ1) is 8.09. The van der Waals surface area contributed by atoms with Gasteiger partial charge in [-0.2, -0.15) is 0 Å². The van der Waals surface area contributed by atoms with Gasteiger partial charge in [-0.05, 0) is 47.2 Å². The van der Waals surface area contributed by atoms with Crippen LogP contribution < -0.4 is 10.4 Å². The zero-order valence-electron chi connectivity index (χ0n) is 8.84. The molecule has 0 amide bonds. The van der Waals surface area contributed by atoms with Gasteiger partial charge in [0.05, 0.1) is 5.69 Å². The van der Waals surface area contributed by atoms with E-state index in [9.17, 15) is 4.79 Å². The lowest BCUT2D eigenvalue weighted by molar-refractivity contribution is 0.309. The molecule has 0 spiro atoms. The maximum atomic E-state index is 11.3. The normalized spacial score (nSPS) is 10.2. The van der Waals surface area contributed by atoms with E-state index in [1.807, 2.05) is 18.2 Å². The second-order valence-electron chi connectivity index (χ2n) is 3.25. The molecular formula is C11H8BrNO3S. The highest BCUT2D eigenvalue weighted by Crippen LogP contribution is 2.14. The molecule has 0 atom stereocenters. The summed E-state index contributed by atoms with van der Waals surface area (Å²) in [6.45, 7) is 1.70. The van der Waals surface area contributed by atoms with E-state index in [2.05, 4.69) is 15.9 Å². The minimum Gasteiger partial charge on any atom is -0.430 e. The molecule has 1 aromatic carbocycles. The zero-order valence-corrected chi connectivity index (χ0v) is 11.2. The number of para-hydroxylation sites is 1. The standard InChI is InChI=1S/C11H8BrNO3S/c1-7-9(12)10(14)16-13(7)11(17)15-8-5-3-2-4-6-8/h2-6H,1H3. The van der Waals surface area contributed by atoms with Crippen LogP contribution in [0.4, 0.5) is 0 Å². The SMILES string of the molecule is Cc1c(Br)c(=O)on1C(=S)Oc1ccccc1. The summed E-state index contributed by atoms with van der Waals surface area (Å²) in [7, 11) is 0. The smallest absolute Gasteiger partial charge is 0.372 e. The molecule has 0 saturated heterocycles. The highest BCUT2D eigenvalue weighted by molar-refractivity contribution is 9.10. The first-order valence-corrected chi connectivity index (χ1v) is 5.95. The van der Waals surface area contributed by atoms with Gasteiger partial charge in [-0.15, -0.1) is 4.74 Å². The van der Waals surface area contributed by atoms with Gasteiger partial charge in [0.25, 0.3) is 0 Å². The molecule has 6 heteroatoms. The van der Waals surface area contributed by atoms with Crippen molar-refractivity contribution in [3.8, 4) is 5.75 Å². The molecule has 4 nitrogen and oxygen atoms in total. The predicted molar refractivity (Wildman–Crippen MR) is 70.5 cm³/mol. The van der Waals surface area contributed by atoms with Crippen LogP contribution in [0.3, 0.4) is 0 Å². The molecule has 88 valence electrons. The van der Waals surface area contributed by atoms with Gasteiger partial charge in [-0.25, -0.2) is 4.79 Å². The van der Waals surface area contributed by atoms with E-state index in [4.69, 9.17) is 21.5 Å². The maximum absolute atomic E-state index is 11.3. The van der Waals surface area contributed by atoms with E-state index < -0.39 is 5.63 Å². The molecule has 2 rings (SSSR count). The second-order valence-corrected chi connectivity index (χ2v) is 4.40. The molecule has 0 aliphatic rings. The molecule has 0 unspecified atom stereocenters. The molecule has 1 heterocycles. The number of hydrogen-bond donors (Lipinski definition) is 0. The fourth-order valence-corrected chi connectivity index (χ4v) is 1.74. The van der Waals surface area contributed by atoms with Crippen LogP contribution in [-0.2, 0) is 0 Å². The van der Waals surface area contributed by atoms with E-state index in [1.54, 1.807) is 19.1 Å². The Kier molecular flexibility index (Phi) is 3.44. The topological polar surface area (TPSA) is 44.4 Å². The molecule has 2 aromatic rings. The van der Waals surface area contributed by atoms with Crippen LogP contribution in [0, 0.1) is 6.92 Å². The number of benzene rings is 1. The minimum absolute atomic E-state index is 0.0662. The summed E-state index contributed by atoms with van der Waals surface area (Å²) < 4.78 is 11.8. The molecule has 0 aliphatic carbocycles. The van der Waals surface area contributed by atoms with E-state index in [0.717, 1.165) is 0 Å². The van der Waals surface area contributed by atoms with E-state index >= 15 is 0 Å². The molecule has 0 fully saturated rings. The van der Waals surface area contributed by atoms with Crippen molar-refractivity contribution in [2.75, 3.05) is 0 Å². The number of halogens is 1. The Morgan fingerprint density at radius 1 is 1.41 bits per heavy atom. The lowest BCUT2D eigenvalue weighted by Gasteiger charge is -2.06. The summed E-state index contributed by atoms with van der Waals surface area (Å²) in [5.41, 5.74) is 0.0810. The van der Waals surface area contributed by atoms with E-state index in [0.29, 0.717) is 15.9 Å². The Morgan fingerprint density at radius 3 is 2.59 bits per heavy atom. The number of hydrogen-bond acceptors (Lipinski definition) is 4. The van der Waals surface area contributed by atoms with Gasteiger partial charge < -0.3 is 9.26 Å². The molecule has 0 radical (unpaired) electrons. The van der Waals surface area contributed by atoms with Gasteiger partial charge in [0.1, 0.15) is 10.2 Å². The fraction of sp³-hybridized carbons (Fsp3) is 0.0909. The Morgan fingerprint density at radius 2 is 2.06 bits per heavy atom. The Labute approximate surface area is 111 Å². The highest BCUT2D eigenvalue weighted by Gasteiger charge is 2.15. The van der Waals surface area contributed by atoms with Crippen LogP contribution in [0.25, 0.3) is 0 Å². The van der Waals surface area contributed by atoms with Gasteiger partial charge in [-0.3, -0.25) is 0 Å². The van der Waals surface area contributed by atoms with Crippen molar-refractivity contribution in [1.29, 1.82) is 0 Å². The fourth-order valence-electron chi connectivity index (χ4n) is 1.23. The monoisotopic (exact) mass is 313 g/mol. The van der Waals surface area contributed by atoms with Crippen molar-refractivity contribution in [2.45, 2.75) is 6.92 Å². The number of aromatic nitrogens is 1. The third-order valence-electron chi connectivity index (χ3n) is 2.09. The second kappa shape index (κ2) is 4.85. The molecule has 0 bridgehead atoms. The Hall–Kier alpha value is -1.40. The highest BCUT2D eigenvalue weighted by atomic mass is 79.9. The Balaban J connectivity index is 2.27. The summed E-state index contributed by atoms with van der Waals surface area (Å²) in [4.78, 5) is 11.3. The number of rotatable bonds is 1. The van der Waals surface area contributed by atoms with E-state index in [1.165, 1.54) is 4.74 Å². The predicted octanol–water partition coefficient (Wildman–Crippen LogP) is 2.72. The molecule has 17 heavy (non-hydrogen) atoms. The Bertz CT molecular complexity index is 603. The third kappa shape index (κ3) is 2.48. The average molecular weight is 314 g/mol. The number of ether oxygens (including phenoxy) is 1. The number of nitrogens with zero attached hydrogens (tertiary/aromatic N) is 1. The van der Waals surface area contributed by atoms with Crippen LogP contribution in [0.2, 0.25) is 0 Å². The third-order valence-corrected chi connectivity index (χ3v) is 3.24. The quantitative estimate of drug-likeness (QED) is 0.759. The first kappa shape index (κ1) is 12.1. The minimum atomic E-state index is -0.485. The van der Waals surface area contributed by atoms with Gasteiger partial charge >= 0.3 is 10.8 Å². The molecule has 0 aliphatic heterocycles. The summed E-state index contributed by atoms with van der Waals surface area (Å²) in [6.07, 6.45) is 0. The lowest BCUT2D eigenvalue weighted by atomic mass is 10.3. The van der Waals surface area contributed by atoms with Crippen molar-refractivity contribution >= 4 is 33.3 Å². The van der Waals surface area contributed by atoms with Gasteiger partial charge in [0, 0.05) is 0 Å². The lowest BCUT2D eigenvalue weighted by Crippen LogP contribution is -2.17. The van der Waals surface area contributed by atoms with Crippen molar-refractivity contribution in [2.24, 2.45) is 0 Å². The van der Waals surface area contributed by atoms with Crippen LogP contribution in [0.15, 0.2) is 44.1 Å². The van der Waals surface area contributed by atoms with Crippen LogP contribution >= 0.6 is 28.1 Å². The maximum Gasteiger partial charge on any atom is 0.372 e. The van der Waals surface area contributed by atoms with Crippen molar-refractivity contribution in [3.63, 3.8) is 0 Å². The average Bonchev–Trinajstić information content (AvgIpc) is 2.58. The largest absolute Gasteiger partial charge is 0.430 e. The van der Waals surface area contributed by atoms with Crippen molar-refractivity contribution < 1.29 is 9.26 Å². The number of thiocarbonyl (C=S) groups is 1. The van der Waals surface area contributed by atoms with Crippen LogP contribution in [0.1, 0.15) is 5.69 Å². The molecule has 0 saturated carbocycles. The first-order valence-electron chi connectivity index (χ1n) is 4.75. The summed E-state index contributed by atoms with van der Waals surface area (Å²) in [6, 6.07) is 9.04. The van der Waals surface area contributed by atoms with Gasteiger partial charge in [0.15, 0.2) is 0 Å². The summed E-state index contributed by atoms with van der Waals surface area (Å²) in [5, 5.41) is 0.0662. The summed E-state index contributed by atoms with van der Waals surface area (Å²) in [5.74, 6) is 0.587. The molecule has 1 aromatic heterocycles. The van der Waals surface area contributed by atoms with Crippen molar-refractivity contribution in [3.05, 3.63) is 50.9 Å². The van der Waals surface area contributed by atoms with Gasteiger partial charge in [-0.1, -0.05) is 18.2 Å². The van der Waals surface area contributed by atoms with Crippen LogP contribution in [-0.4, -0.2) is 9.91 Å². The van der Waals surface area contributed by atoms with E-state index in [-0.39, 0.29) is 5.17 Å². The molecular weight excluding hydrogens is 306 g/mol. The van der Waals surface area contributed by atoms with Crippen molar-refractivity contribution in [1.82, 2.24) is 4.74 Å². The summed E-state index contributed by atoms with van der Waals surface area (Å²) >= 11 is 8.16.